The minimum Gasteiger partial charge on any atom is -0.357 e. The first-order valence-corrected chi connectivity index (χ1v) is 7.43. The molecule has 0 spiro atoms. The molecule has 0 atom stereocenters. The van der Waals surface area contributed by atoms with Gasteiger partial charge >= 0.3 is 0 Å². The van der Waals surface area contributed by atoms with E-state index < -0.39 is 0 Å². The second-order valence-electron chi connectivity index (χ2n) is 4.67. The van der Waals surface area contributed by atoms with Crippen LogP contribution in [0.4, 0.5) is 0 Å². The second-order valence-corrected chi connectivity index (χ2v) is 4.67. The number of carbonyl (C=O) groups excluding carboxylic acids is 1. The van der Waals surface area contributed by atoms with Crippen LogP contribution in [0.25, 0.3) is 0 Å². The molecule has 1 rings (SSSR count). The van der Waals surface area contributed by atoms with Gasteiger partial charge in [0.15, 0.2) is 5.96 Å². The molecule has 0 fully saturated rings. The van der Waals surface area contributed by atoms with Crippen LogP contribution in [0.1, 0.15) is 32.4 Å². The summed E-state index contributed by atoms with van der Waals surface area (Å²) in [6.07, 6.45) is 3.15. The monoisotopic (exact) mass is 422 g/mol. The summed E-state index contributed by atoms with van der Waals surface area (Å²) in [5.41, 5.74) is 1.04. The Morgan fingerprint density at radius 2 is 2.05 bits per heavy atom. The van der Waals surface area contributed by atoms with Gasteiger partial charge in [-0.05, 0) is 19.4 Å². The number of aliphatic imine (C=N–C) groups is 1. The first-order chi connectivity index (χ1) is 10.2. The SMILES string of the molecule is CCCNC(=O)CCNC(=NCc1ccnn1C)NCC.I. The zero-order valence-corrected chi connectivity index (χ0v) is 15.9. The van der Waals surface area contributed by atoms with Crippen LogP contribution < -0.4 is 16.0 Å². The van der Waals surface area contributed by atoms with Crippen LogP contribution >= 0.6 is 24.0 Å². The maximum absolute atomic E-state index is 11.5. The Morgan fingerprint density at radius 1 is 1.27 bits per heavy atom. The molecule has 1 aromatic heterocycles. The van der Waals surface area contributed by atoms with Gasteiger partial charge in [0.25, 0.3) is 0 Å². The molecular formula is C14H27IN6O. The van der Waals surface area contributed by atoms with Gasteiger partial charge in [-0.1, -0.05) is 6.92 Å². The van der Waals surface area contributed by atoms with Crippen molar-refractivity contribution >= 4 is 35.8 Å². The fourth-order valence-electron chi connectivity index (χ4n) is 1.71. The highest BCUT2D eigenvalue weighted by molar-refractivity contribution is 14.0. The molecule has 7 nitrogen and oxygen atoms in total. The van der Waals surface area contributed by atoms with E-state index >= 15 is 0 Å². The third-order valence-electron chi connectivity index (χ3n) is 2.88. The molecule has 0 saturated carbocycles. The summed E-state index contributed by atoms with van der Waals surface area (Å²) in [6, 6.07) is 1.94. The van der Waals surface area contributed by atoms with Crippen molar-refractivity contribution in [3.05, 3.63) is 18.0 Å². The second kappa shape index (κ2) is 12.2. The Balaban J connectivity index is 0.00000441. The van der Waals surface area contributed by atoms with Crippen molar-refractivity contribution in [2.75, 3.05) is 19.6 Å². The van der Waals surface area contributed by atoms with Crippen molar-refractivity contribution in [1.82, 2.24) is 25.7 Å². The summed E-state index contributed by atoms with van der Waals surface area (Å²) in [5, 5.41) is 13.3. The third-order valence-corrected chi connectivity index (χ3v) is 2.88. The van der Waals surface area contributed by atoms with Crippen molar-refractivity contribution in [2.45, 2.75) is 33.2 Å². The lowest BCUT2D eigenvalue weighted by molar-refractivity contribution is -0.120. The molecule has 8 heteroatoms. The van der Waals surface area contributed by atoms with Crippen LogP contribution in [0, 0.1) is 0 Å². The molecule has 1 amide bonds. The molecule has 0 aliphatic carbocycles. The largest absolute Gasteiger partial charge is 0.357 e. The lowest BCUT2D eigenvalue weighted by Crippen LogP contribution is -2.39. The van der Waals surface area contributed by atoms with Crippen LogP contribution in [0.2, 0.25) is 0 Å². The number of halogens is 1. The first-order valence-electron chi connectivity index (χ1n) is 7.43. The lowest BCUT2D eigenvalue weighted by atomic mass is 10.4. The highest BCUT2D eigenvalue weighted by Gasteiger charge is 2.02. The maximum Gasteiger partial charge on any atom is 0.221 e. The summed E-state index contributed by atoms with van der Waals surface area (Å²) in [5.74, 6) is 0.772. The fraction of sp³-hybridized carbons (Fsp3) is 0.643. The van der Waals surface area contributed by atoms with E-state index in [1.165, 1.54) is 0 Å². The third kappa shape index (κ3) is 8.20. The van der Waals surface area contributed by atoms with Gasteiger partial charge in [-0.15, -0.1) is 24.0 Å². The molecule has 0 radical (unpaired) electrons. The average Bonchev–Trinajstić information content (AvgIpc) is 2.88. The van der Waals surface area contributed by atoms with E-state index in [1.54, 1.807) is 10.9 Å². The number of guanidine groups is 1. The van der Waals surface area contributed by atoms with Crippen LogP contribution in [0.5, 0.6) is 0 Å². The van der Waals surface area contributed by atoms with E-state index in [0.717, 1.165) is 25.2 Å². The fourth-order valence-corrected chi connectivity index (χ4v) is 1.71. The Labute approximate surface area is 149 Å². The summed E-state index contributed by atoms with van der Waals surface area (Å²) < 4.78 is 1.80. The zero-order chi connectivity index (χ0) is 15.5. The minimum atomic E-state index is 0. The van der Waals surface area contributed by atoms with Crippen molar-refractivity contribution < 1.29 is 4.79 Å². The van der Waals surface area contributed by atoms with Crippen LogP contribution in [0.15, 0.2) is 17.3 Å². The molecule has 0 unspecified atom stereocenters. The van der Waals surface area contributed by atoms with E-state index in [9.17, 15) is 4.79 Å². The van der Waals surface area contributed by atoms with Crippen LogP contribution in [0.3, 0.4) is 0 Å². The van der Waals surface area contributed by atoms with Gasteiger partial charge in [0.05, 0.1) is 12.2 Å². The van der Waals surface area contributed by atoms with Gasteiger partial charge in [0.1, 0.15) is 0 Å². The van der Waals surface area contributed by atoms with Crippen molar-refractivity contribution in [3.8, 4) is 0 Å². The van der Waals surface area contributed by atoms with Gasteiger partial charge in [0, 0.05) is 39.3 Å². The topological polar surface area (TPSA) is 83.3 Å². The highest BCUT2D eigenvalue weighted by atomic mass is 127. The number of rotatable bonds is 8. The average molecular weight is 422 g/mol. The van der Waals surface area contributed by atoms with Gasteiger partial charge in [0.2, 0.25) is 5.91 Å². The molecule has 0 aromatic carbocycles. The molecule has 0 aliphatic heterocycles. The zero-order valence-electron chi connectivity index (χ0n) is 13.6. The predicted octanol–water partition coefficient (Wildman–Crippen LogP) is 1.01. The summed E-state index contributed by atoms with van der Waals surface area (Å²) in [6.45, 7) is 6.66. The molecule has 22 heavy (non-hydrogen) atoms. The summed E-state index contributed by atoms with van der Waals surface area (Å²) >= 11 is 0. The van der Waals surface area contributed by atoms with Gasteiger partial charge < -0.3 is 16.0 Å². The standard InChI is InChI=1S/C14H26N6O.HI/c1-4-8-16-13(21)7-9-17-14(15-5-2)18-11-12-6-10-19-20(12)3;/h6,10H,4-5,7-9,11H2,1-3H3,(H,16,21)(H2,15,17,18);1H. The molecule has 126 valence electrons. The lowest BCUT2D eigenvalue weighted by Gasteiger charge is -2.11. The number of aromatic nitrogens is 2. The smallest absolute Gasteiger partial charge is 0.221 e. The van der Waals surface area contributed by atoms with E-state index in [4.69, 9.17) is 0 Å². The Bertz CT molecular complexity index is 460. The maximum atomic E-state index is 11.5. The van der Waals surface area contributed by atoms with Gasteiger partial charge in [-0.25, -0.2) is 4.99 Å². The van der Waals surface area contributed by atoms with E-state index in [2.05, 4.69) is 26.0 Å². The minimum absolute atomic E-state index is 0. The summed E-state index contributed by atoms with van der Waals surface area (Å²) in [4.78, 5) is 16.0. The molecular weight excluding hydrogens is 395 g/mol. The molecule has 3 N–H and O–H groups in total. The number of nitrogens with one attached hydrogen (secondary N) is 3. The molecule has 0 bridgehead atoms. The van der Waals surface area contributed by atoms with Crippen molar-refractivity contribution in [3.63, 3.8) is 0 Å². The number of aryl methyl sites for hydroxylation is 1. The van der Waals surface area contributed by atoms with E-state index in [0.29, 0.717) is 25.5 Å². The number of amides is 1. The Hall–Kier alpha value is -1.32. The highest BCUT2D eigenvalue weighted by Crippen LogP contribution is 1.97. The molecule has 0 aliphatic rings. The Kier molecular flexibility index (Phi) is 11.5. The van der Waals surface area contributed by atoms with Gasteiger partial charge in [-0.2, -0.15) is 5.10 Å². The summed E-state index contributed by atoms with van der Waals surface area (Å²) in [7, 11) is 1.89. The van der Waals surface area contributed by atoms with Gasteiger partial charge in [-0.3, -0.25) is 9.48 Å². The predicted molar refractivity (Wildman–Crippen MR) is 99.4 cm³/mol. The normalized spacial score (nSPS) is 10.8. The number of hydrogen-bond acceptors (Lipinski definition) is 3. The molecule has 0 saturated heterocycles. The number of hydrogen-bond donors (Lipinski definition) is 3. The van der Waals surface area contributed by atoms with E-state index in [1.807, 2.05) is 27.0 Å². The van der Waals surface area contributed by atoms with Crippen molar-refractivity contribution in [1.29, 1.82) is 0 Å². The van der Waals surface area contributed by atoms with E-state index in [-0.39, 0.29) is 29.9 Å². The Morgan fingerprint density at radius 3 is 2.64 bits per heavy atom. The quantitative estimate of drug-likeness (QED) is 0.332. The molecule has 1 aromatic rings. The first kappa shape index (κ1) is 20.7. The number of nitrogens with zero attached hydrogens (tertiary/aromatic N) is 3. The number of carbonyl (C=O) groups is 1. The van der Waals surface area contributed by atoms with Crippen molar-refractivity contribution in [2.24, 2.45) is 12.0 Å². The molecule has 1 heterocycles. The van der Waals surface area contributed by atoms with Crippen LogP contribution in [-0.4, -0.2) is 41.3 Å². The van der Waals surface area contributed by atoms with Crippen LogP contribution in [-0.2, 0) is 18.4 Å².